The number of hydrogen-bond donors (Lipinski definition) is 0. The smallest absolute Gasteiger partial charge is 0.254 e. The lowest BCUT2D eigenvalue weighted by atomic mass is 9.92. The third kappa shape index (κ3) is 3.27. The van der Waals surface area contributed by atoms with Crippen molar-refractivity contribution >= 4 is 27.7 Å². The molecule has 0 aliphatic carbocycles. The predicted molar refractivity (Wildman–Crippen MR) is 101 cm³/mol. The number of carbonyl (C=O) groups is 1. The number of benzene rings is 1. The topological polar surface area (TPSA) is 49.3 Å². The van der Waals surface area contributed by atoms with Gasteiger partial charge in [-0.25, -0.2) is 9.97 Å². The van der Waals surface area contributed by atoms with Crippen LogP contribution in [0.15, 0.2) is 41.0 Å². The number of amides is 1. The first-order valence-corrected chi connectivity index (χ1v) is 9.52. The normalized spacial score (nSPS) is 22.8. The minimum absolute atomic E-state index is 0.134. The van der Waals surface area contributed by atoms with E-state index in [1.54, 1.807) is 0 Å². The zero-order valence-electron chi connectivity index (χ0n) is 14.2. The van der Waals surface area contributed by atoms with Crippen molar-refractivity contribution in [2.75, 3.05) is 24.5 Å². The highest BCUT2D eigenvalue weighted by Gasteiger charge is 2.41. The van der Waals surface area contributed by atoms with E-state index < -0.39 is 0 Å². The summed E-state index contributed by atoms with van der Waals surface area (Å²) in [6.07, 6.45) is 4.01. The highest BCUT2D eigenvalue weighted by atomic mass is 79.9. The minimum atomic E-state index is 0.134. The maximum Gasteiger partial charge on any atom is 0.254 e. The second-order valence-electron chi connectivity index (χ2n) is 6.82. The van der Waals surface area contributed by atoms with Crippen LogP contribution >= 0.6 is 15.9 Å². The molecule has 0 radical (unpaired) electrons. The summed E-state index contributed by atoms with van der Waals surface area (Å²) in [5.41, 5.74) is 0.755. The fourth-order valence-electron chi connectivity index (χ4n) is 4.01. The van der Waals surface area contributed by atoms with Crippen molar-refractivity contribution in [3.8, 4) is 0 Å². The Bertz CT molecular complexity index is 796. The average molecular weight is 401 g/mol. The molecule has 2 aromatic rings. The van der Waals surface area contributed by atoms with Gasteiger partial charge in [0.15, 0.2) is 0 Å². The Morgan fingerprint density at radius 1 is 1.24 bits per heavy atom. The highest BCUT2D eigenvalue weighted by Crippen LogP contribution is 2.34. The summed E-state index contributed by atoms with van der Waals surface area (Å²) in [6, 6.07) is 9.89. The molecule has 6 heteroatoms. The molecule has 2 aliphatic heterocycles. The van der Waals surface area contributed by atoms with Gasteiger partial charge in [-0.1, -0.05) is 22.0 Å². The first-order valence-electron chi connectivity index (χ1n) is 8.73. The van der Waals surface area contributed by atoms with E-state index in [9.17, 15) is 4.79 Å². The van der Waals surface area contributed by atoms with Crippen LogP contribution in [0.4, 0.5) is 5.82 Å². The number of hydrogen-bond acceptors (Lipinski definition) is 4. The largest absolute Gasteiger partial charge is 0.354 e. The number of halogens is 1. The second kappa shape index (κ2) is 6.75. The van der Waals surface area contributed by atoms with Crippen molar-refractivity contribution in [3.63, 3.8) is 0 Å². The fraction of sp³-hybridized carbons (Fsp3) is 0.421. The summed E-state index contributed by atoms with van der Waals surface area (Å²) in [7, 11) is 0. The van der Waals surface area contributed by atoms with Crippen molar-refractivity contribution in [1.82, 2.24) is 14.9 Å². The van der Waals surface area contributed by atoms with Crippen LogP contribution in [0.3, 0.4) is 0 Å². The van der Waals surface area contributed by atoms with Crippen LogP contribution in [0.2, 0.25) is 0 Å². The lowest BCUT2D eigenvalue weighted by Crippen LogP contribution is -2.50. The molecule has 1 aromatic heterocycles. The van der Waals surface area contributed by atoms with Crippen LogP contribution in [-0.2, 0) is 0 Å². The molecule has 0 saturated carbocycles. The van der Waals surface area contributed by atoms with Crippen molar-refractivity contribution in [1.29, 1.82) is 0 Å². The Morgan fingerprint density at radius 3 is 2.88 bits per heavy atom. The summed E-state index contributed by atoms with van der Waals surface area (Å²) in [4.78, 5) is 26.1. The van der Waals surface area contributed by atoms with Crippen LogP contribution in [0.1, 0.15) is 29.0 Å². The Balaban J connectivity index is 1.55. The number of fused-ring (bicyclic) bond motifs is 1. The van der Waals surface area contributed by atoms with Crippen molar-refractivity contribution in [2.24, 2.45) is 5.92 Å². The molecule has 4 rings (SSSR count). The monoisotopic (exact) mass is 400 g/mol. The van der Waals surface area contributed by atoms with E-state index in [1.165, 1.54) is 0 Å². The molecule has 3 heterocycles. The Morgan fingerprint density at radius 2 is 2.08 bits per heavy atom. The van der Waals surface area contributed by atoms with Crippen molar-refractivity contribution < 1.29 is 4.79 Å². The summed E-state index contributed by atoms with van der Waals surface area (Å²) >= 11 is 3.46. The Kier molecular flexibility index (Phi) is 4.46. The van der Waals surface area contributed by atoms with E-state index in [-0.39, 0.29) is 11.9 Å². The average Bonchev–Trinajstić information content (AvgIpc) is 3.04. The molecule has 5 nitrogen and oxygen atoms in total. The van der Waals surface area contributed by atoms with Gasteiger partial charge in [0.25, 0.3) is 5.91 Å². The fourth-order valence-corrected chi connectivity index (χ4v) is 4.41. The maximum atomic E-state index is 13.0. The van der Waals surface area contributed by atoms with E-state index in [0.29, 0.717) is 5.92 Å². The standard InChI is InChI=1S/C19H21BrN4O/c1-13-21-8-5-18(22-13)23-9-6-14-7-10-24(17(14)12-23)19(25)15-3-2-4-16(20)11-15/h2-5,8,11,14,17H,6-7,9-10,12H2,1H3. The number of likely N-dealkylation sites (tertiary alicyclic amines) is 1. The van der Waals surface area contributed by atoms with Crippen LogP contribution in [0.5, 0.6) is 0 Å². The number of rotatable bonds is 2. The van der Waals surface area contributed by atoms with E-state index in [0.717, 1.165) is 54.2 Å². The minimum Gasteiger partial charge on any atom is -0.354 e. The Labute approximate surface area is 156 Å². The quantitative estimate of drug-likeness (QED) is 0.775. The van der Waals surface area contributed by atoms with Crippen molar-refractivity contribution in [3.05, 3.63) is 52.4 Å². The van der Waals surface area contributed by atoms with Gasteiger partial charge < -0.3 is 9.80 Å². The zero-order chi connectivity index (χ0) is 17.4. The van der Waals surface area contributed by atoms with Crippen molar-refractivity contribution in [2.45, 2.75) is 25.8 Å². The molecule has 2 unspecified atom stereocenters. The summed E-state index contributed by atoms with van der Waals surface area (Å²) in [5, 5.41) is 0. The van der Waals surface area contributed by atoms with E-state index in [4.69, 9.17) is 0 Å². The van der Waals surface area contributed by atoms with Crippen LogP contribution < -0.4 is 4.90 Å². The third-order valence-corrected chi connectivity index (χ3v) is 5.77. The number of carbonyl (C=O) groups excluding carboxylic acids is 1. The molecule has 0 N–H and O–H groups in total. The predicted octanol–water partition coefficient (Wildman–Crippen LogP) is 3.29. The molecule has 1 aromatic carbocycles. The van der Waals surface area contributed by atoms with Gasteiger partial charge in [-0.2, -0.15) is 0 Å². The summed E-state index contributed by atoms with van der Waals surface area (Å²) in [6.45, 7) is 4.60. The molecule has 2 atom stereocenters. The third-order valence-electron chi connectivity index (χ3n) is 5.28. The highest BCUT2D eigenvalue weighted by molar-refractivity contribution is 9.10. The zero-order valence-corrected chi connectivity index (χ0v) is 15.8. The number of nitrogens with zero attached hydrogens (tertiary/aromatic N) is 4. The van der Waals surface area contributed by atoms with E-state index in [2.05, 4.69) is 35.7 Å². The molecule has 2 aliphatic rings. The van der Waals surface area contributed by atoms with Gasteiger partial charge >= 0.3 is 0 Å². The second-order valence-corrected chi connectivity index (χ2v) is 7.74. The van der Waals surface area contributed by atoms with E-state index >= 15 is 0 Å². The van der Waals surface area contributed by atoms with Crippen LogP contribution in [0.25, 0.3) is 0 Å². The van der Waals surface area contributed by atoms with Crippen LogP contribution in [-0.4, -0.2) is 46.5 Å². The number of anilines is 1. The molecule has 130 valence electrons. The van der Waals surface area contributed by atoms with Gasteiger partial charge in [0.2, 0.25) is 0 Å². The molecule has 2 fully saturated rings. The van der Waals surface area contributed by atoms with Crippen LogP contribution in [0, 0.1) is 12.8 Å². The van der Waals surface area contributed by atoms with Gasteiger partial charge in [-0.3, -0.25) is 4.79 Å². The summed E-state index contributed by atoms with van der Waals surface area (Å²) in [5.74, 6) is 2.48. The Hall–Kier alpha value is -1.95. The maximum absolute atomic E-state index is 13.0. The first-order chi connectivity index (χ1) is 12.1. The van der Waals surface area contributed by atoms with Gasteiger partial charge in [0, 0.05) is 35.9 Å². The van der Waals surface area contributed by atoms with Gasteiger partial charge in [0.1, 0.15) is 11.6 Å². The van der Waals surface area contributed by atoms with Gasteiger partial charge in [0.05, 0.1) is 6.04 Å². The summed E-state index contributed by atoms with van der Waals surface area (Å²) < 4.78 is 0.941. The van der Waals surface area contributed by atoms with Gasteiger partial charge in [-0.05, 0) is 49.9 Å². The molecule has 0 bridgehead atoms. The molecule has 1 amide bonds. The van der Waals surface area contributed by atoms with E-state index in [1.807, 2.05) is 43.5 Å². The number of aryl methyl sites for hydroxylation is 1. The molecule has 25 heavy (non-hydrogen) atoms. The van der Waals surface area contributed by atoms with Gasteiger partial charge in [-0.15, -0.1) is 0 Å². The SMILES string of the molecule is Cc1nccc(N2CCC3CCN(C(=O)c4cccc(Br)c4)C3C2)n1. The molecule has 0 spiro atoms. The number of piperidine rings is 1. The number of aromatic nitrogens is 2. The molecule has 2 saturated heterocycles. The molecular formula is C19H21BrN4O. The lowest BCUT2D eigenvalue weighted by Gasteiger charge is -2.39. The molecular weight excluding hydrogens is 380 g/mol. The first kappa shape index (κ1) is 16.5. The lowest BCUT2D eigenvalue weighted by molar-refractivity contribution is 0.0712.